The van der Waals surface area contributed by atoms with Crippen LogP contribution in [0.3, 0.4) is 0 Å². The van der Waals surface area contributed by atoms with Gasteiger partial charge in [0.05, 0.1) is 12.0 Å². The van der Waals surface area contributed by atoms with E-state index in [0.29, 0.717) is 17.7 Å². The third-order valence-electron chi connectivity index (χ3n) is 4.43. The Hall–Kier alpha value is -1.85. The summed E-state index contributed by atoms with van der Waals surface area (Å²) >= 11 is 1.91. The van der Waals surface area contributed by atoms with Crippen LogP contribution in [0.4, 0.5) is 0 Å². The van der Waals surface area contributed by atoms with Gasteiger partial charge in [-0.05, 0) is 57.5 Å². The first-order chi connectivity index (χ1) is 11.2. The smallest absolute Gasteiger partial charge is 0.263 e. The molecular formula is C18H20N2O2S. The highest BCUT2D eigenvalue weighted by atomic mass is 32.1. The molecule has 0 spiro atoms. The van der Waals surface area contributed by atoms with Gasteiger partial charge in [-0.25, -0.2) is 4.98 Å². The molecule has 0 saturated carbocycles. The molecular weight excluding hydrogens is 308 g/mol. The van der Waals surface area contributed by atoms with Gasteiger partial charge in [0, 0.05) is 22.3 Å². The zero-order valence-corrected chi connectivity index (χ0v) is 14.2. The van der Waals surface area contributed by atoms with E-state index >= 15 is 0 Å². The highest BCUT2D eigenvalue weighted by Gasteiger charge is 2.28. The average Bonchev–Trinajstić information content (AvgIpc) is 3.28. The summed E-state index contributed by atoms with van der Waals surface area (Å²) in [7, 11) is 0. The summed E-state index contributed by atoms with van der Waals surface area (Å²) in [5.74, 6) is 2.14. The molecule has 1 saturated heterocycles. The average molecular weight is 328 g/mol. The monoisotopic (exact) mass is 328 g/mol. The Kier molecular flexibility index (Phi) is 3.83. The van der Waals surface area contributed by atoms with Gasteiger partial charge in [0.15, 0.2) is 5.76 Å². The molecule has 4 rings (SSSR count). The molecule has 0 aromatic carbocycles. The molecule has 0 amide bonds. The van der Waals surface area contributed by atoms with Gasteiger partial charge in [0.25, 0.3) is 5.89 Å². The third-order valence-corrected chi connectivity index (χ3v) is 5.53. The fourth-order valence-corrected chi connectivity index (χ4v) is 4.29. The molecule has 23 heavy (non-hydrogen) atoms. The number of likely N-dealkylation sites (tertiary alicyclic amines) is 1. The number of aryl methyl sites for hydroxylation is 2. The molecule has 5 heteroatoms. The van der Waals surface area contributed by atoms with E-state index in [9.17, 15) is 0 Å². The zero-order valence-electron chi connectivity index (χ0n) is 13.4. The maximum Gasteiger partial charge on any atom is 0.263 e. The molecule has 0 radical (unpaired) electrons. The fraction of sp³-hybridized carbons (Fsp3) is 0.389. The molecule has 120 valence electrons. The quantitative estimate of drug-likeness (QED) is 0.679. The Labute approximate surface area is 139 Å². The van der Waals surface area contributed by atoms with Crippen molar-refractivity contribution in [1.29, 1.82) is 0 Å². The number of furan rings is 1. The zero-order chi connectivity index (χ0) is 15.8. The molecule has 3 aromatic rings. The lowest BCUT2D eigenvalue weighted by molar-refractivity contribution is 0.247. The first kappa shape index (κ1) is 14.7. The van der Waals surface area contributed by atoms with Gasteiger partial charge in [-0.3, -0.25) is 4.90 Å². The second-order valence-corrected chi connectivity index (χ2v) is 7.40. The highest BCUT2D eigenvalue weighted by Crippen LogP contribution is 2.37. The van der Waals surface area contributed by atoms with Crippen LogP contribution in [0.15, 0.2) is 39.4 Å². The Balaban J connectivity index is 1.55. The Morgan fingerprint density at radius 3 is 2.96 bits per heavy atom. The first-order valence-electron chi connectivity index (χ1n) is 8.01. The van der Waals surface area contributed by atoms with Crippen molar-refractivity contribution in [3.05, 3.63) is 51.7 Å². The maximum absolute atomic E-state index is 5.79. The van der Waals surface area contributed by atoms with Crippen molar-refractivity contribution in [2.24, 2.45) is 0 Å². The number of hydrogen-bond acceptors (Lipinski definition) is 5. The van der Waals surface area contributed by atoms with Gasteiger partial charge in [0.2, 0.25) is 0 Å². The first-order valence-corrected chi connectivity index (χ1v) is 8.83. The van der Waals surface area contributed by atoms with Crippen molar-refractivity contribution in [1.82, 2.24) is 9.88 Å². The third kappa shape index (κ3) is 2.86. The SMILES string of the molecule is Cc1ccc(C2CCCN2Cc2nc(-c3ccco3)oc2C)s1. The molecule has 1 fully saturated rings. The molecule has 1 aliphatic heterocycles. The van der Waals surface area contributed by atoms with Crippen molar-refractivity contribution >= 4 is 11.3 Å². The lowest BCUT2D eigenvalue weighted by Crippen LogP contribution is -2.22. The normalized spacial score (nSPS) is 18.8. The molecule has 4 heterocycles. The summed E-state index contributed by atoms with van der Waals surface area (Å²) in [5.41, 5.74) is 1.01. The molecule has 0 aliphatic carbocycles. The summed E-state index contributed by atoms with van der Waals surface area (Å²) in [4.78, 5) is 10.0. The summed E-state index contributed by atoms with van der Waals surface area (Å²) < 4.78 is 11.2. The number of thiophene rings is 1. The molecule has 3 aromatic heterocycles. The topological polar surface area (TPSA) is 42.4 Å². The molecule has 4 nitrogen and oxygen atoms in total. The maximum atomic E-state index is 5.79. The Bertz CT molecular complexity index is 788. The molecule has 0 N–H and O–H groups in total. The minimum Gasteiger partial charge on any atom is -0.459 e. The predicted octanol–water partition coefficient (Wildman–Crippen LogP) is 4.95. The van der Waals surface area contributed by atoms with E-state index in [2.05, 4.69) is 28.9 Å². The molecule has 1 unspecified atom stereocenters. The fourth-order valence-electron chi connectivity index (χ4n) is 3.24. The van der Waals surface area contributed by atoms with Crippen LogP contribution in [-0.2, 0) is 6.54 Å². The van der Waals surface area contributed by atoms with Crippen LogP contribution in [0.1, 0.15) is 40.1 Å². The molecule has 1 aliphatic rings. The van der Waals surface area contributed by atoms with E-state index in [1.165, 1.54) is 22.6 Å². The lowest BCUT2D eigenvalue weighted by atomic mass is 10.2. The van der Waals surface area contributed by atoms with Crippen LogP contribution in [0.5, 0.6) is 0 Å². The van der Waals surface area contributed by atoms with Crippen LogP contribution in [-0.4, -0.2) is 16.4 Å². The Morgan fingerprint density at radius 2 is 2.22 bits per heavy atom. The second-order valence-electron chi connectivity index (χ2n) is 6.08. The number of hydrogen-bond donors (Lipinski definition) is 0. The number of rotatable bonds is 4. The number of oxazole rings is 1. The van der Waals surface area contributed by atoms with E-state index < -0.39 is 0 Å². The van der Waals surface area contributed by atoms with E-state index in [4.69, 9.17) is 8.83 Å². The largest absolute Gasteiger partial charge is 0.459 e. The lowest BCUT2D eigenvalue weighted by Gasteiger charge is -2.22. The van der Waals surface area contributed by atoms with Crippen LogP contribution in [0.2, 0.25) is 0 Å². The van der Waals surface area contributed by atoms with E-state index in [0.717, 1.165) is 24.5 Å². The van der Waals surface area contributed by atoms with E-state index in [-0.39, 0.29) is 0 Å². The van der Waals surface area contributed by atoms with Gasteiger partial charge in [-0.2, -0.15) is 0 Å². The van der Waals surface area contributed by atoms with Crippen LogP contribution in [0.25, 0.3) is 11.7 Å². The second kappa shape index (κ2) is 5.98. The summed E-state index contributed by atoms with van der Waals surface area (Å²) in [6, 6.07) is 8.73. The summed E-state index contributed by atoms with van der Waals surface area (Å²) in [5, 5.41) is 0. The molecule has 1 atom stereocenters. The van der Waals surface area contributed by atoms with Crippen molar-refractivity contribution in [2.45, 2.75) is 39.3 Å². The molecule has 0 bridgehead atoms. The Morgan fingerprint density at radius 1 is 1.30 bits per heavy atom. The van der Waals surface area contributed by atoms with Crippen LogP contribution >= 0.6 is 11.3 Å². The van der Waals surface area contributed by atoms with Gasteiger partial charge < -0.3 is 8.83 Å². The van der Waals surface area contributed by atoms with Crippen molar-refractivity contribution in [2.75, 3.05) is 6.54 Å². The van der Waals surface area contributed by atoms with Gasteiger partial charge in [-0.1, -0.05) is 0 Å². The highest BCUT2D eigenvalue weighted by molar-refractivity contribution is 7.12. The van der Waals surface area contributed by atoms with Crippen molar-refractivity contribution in [3.63, 3.8) is 0 Å². The van der Waals surface area contributed by atoms with Crippen molar-refractivity contribution < 1.29 is 8.83 Å². The van der Waals surface area contributed by atoms with E-state index in [1.54, 1.807) is 6.26 Å². The van der Waals surface area contributed by atoms with Crippen molar-refractivity contribution in [3.8, 4) is 11.7 Å². The summed E-state index contributed by atoms with van der Waals surface area (Å²) in [6.07, 6.45) is 4.11. The van der Waals surface area contributed by atoms with Gasteiger partial charge in [0.1, 0.15) is 5.76 Å². The van der Waals surface area contributed by atoms with Gasteiger partial charge >= 0.3 is 0 Å². The van der Waals surface area contributed by atoms with Crippen LogP contribution < -0.4 is 0 Å². The van der Waals surface area contributed by atoms with Gasteiger partial charge in [-0.15, -0.1) is 11.3 Å². The number of nitrogens with zero attached hydrogens (tertiary/aromatic N) is 2. The number of aromatic nitrogens is 1. The van der Waals surface area contributed by atoms with E-state index in [1.807, 2.05) is 30.4 Å². The van der Waals surface area contributed by atoms with Crippen LogP contribution in [0, 0.1) is 13.8 Å². The minimum atomic E-state index is 0.511. The minimum absolute atomic E-state index is 0.511. The standard InChI is InChI=1S/C18H20N2O2S/c1-12-7-8-17(23-12)15-5-3-9-20(15)11-14-13(2)22-18(19-14)16-6-4-10-21-16/h4,6-8,10,15H,3,5,9,11H2,1-2H3. The summed E-state index contributed by atoms with van der Waals surface area (Å²) in [6.45, 7) is 6.10. The predicted molar refractivity (Wildman–Crippen MR) is 90.4 cm³/mol.